The quantitative estimate of drug-likeness (QED) is 0.852. The molecule has 1 N–H and O–H groups in total. The predicted octanol–water partition coefficient (Wildman–Crippen LogP) is 4.39. The van der Waals surface area contributed by atoms with Crippen LogP contribution in [0.4, 0.5) is 5.69 Å². The molecule has 1 heterocycles. The molecule has 4 heteroatoms. The van der Waals surface area contributed by atoms with Gasteiger partial charge in [0.05, 0.1) is 10.0 Å². The van der Waals surface area contributed by atoms with Crippen molar-refractivity contribution in [3.05, 3.63) is 63.1 Å². The number of Topliss-reactive ketones (excluding diaryl/α,β-unsaturated/α-hetero) is 1. The molecule has 0 saturated heterocycles. The Hall–Kier alpha value is -1.51. The monoisotopic (exact) mass is 305 g/mol. The molecule has 0 radical (unpaired) electrons. The molecule has 0 atom stereocenters. The molecule has 0 unspecified atom stereocenters. The highest BCUT2D eigenvalue weighted by Crippen LogP contribution is 2.25. The second-order valence-electron chi connectivity index (χ2n) is 4.90. The van der Waals surface area contributed by atoms with Gasteiger partial charge in [0.15, 0.2) is 5.78 Å². The normalized spacial score (nSPS) is 12.9. The van der Waals surface area contributed by atoms with E-state index in [0.29, 0.717) is 16.5 Å². The Morgan fingerprint density at radius 3 is 2.75 bits per heavy atom. The molecule has 3 rings (SSSR count). The van der Waals surface area contributed by atoms with Crippen molar-refractivity contribution < 1.29 is 4.79 Å². The first-order valence-electron chi connectivity index (χ1n) is 6.47. The van der Waals surface area contributed by atoms with Gasteiger partial charge >= 0.3 is 0 Å². The summed E-state index contributed by atoms with van der Waals surface area (Å²) < 4.78 is 0. The Kier molecular flexibility index (Phi) is 3.68. The summed E-state index contributed by atoms with van der Waals surface area (Å²) in [6.45, 7) is 0.944. The van der Waals surface area contributed by atoms with Gasteiger partial charge in [-0.1, -0.05) is 29.3 Å². The van der Waals surface area contributed by atoms with E-state index in [0.717, 1.165) is 29.8 Å². The van der Waals surface area contributed by atoms with E-state index in [4.69, 9.17) is 23.2 Å². The molecular formula is C16H13Cl2NO. The molecule has 2 nitrogen and oxygen atoms in total. The van der Waals surface area contributed by atoms with E-state index in [2.05, 4.69) is 5.32 Å². The van der Waals surface area contributed by atoms with Gasteiger partial charge in [0.1, 0.15) is 0 Å². The lowest BCUT2D eigenvalue weighted by Gasteiger charge is -2.05. The van der Waals surface area contributed by atoms with Crippen molar-refractivity contribution >= 4 is 34.7 Å². The number of nitrogens with one attached hydrogen (secondary N) is 1. The van der Waals surface area contributed by atoms with Crippen molar-refractivity contribution in [2.75, 3.05) is 11.9 Å². The zero-order chi connectivity index (χ0) is 14.1. The predicted molar refractivity (Wildman–Crippen MR) is 83.1 cm³/mol. The lowest BCUT2D eigenvalue weighted by atomic mass is 10.0. The Balaban J connectivity index is 1.80. The number of carbonyl (C=O) groups is 1. The van der Waals surface area contributed by atoms with Crippen LogP contribution < -0.4 is 5.32 Å². The molecule has 0 spiro atoms. The zero-order valence-electron chi connectivity index (χ0n) is 10.7. The van der Waals surface area contributed by atoms with Crippen LogP contribution in [0.3, 0.4) is 0 Å². The van der Waals surface area contributed by atoms with Crippen LogP contribution in [-0.2, 0) is 12.8 Å². The highest BCUT2D eigenvalue weighted by molar-refractivity contribution is 6.42. The van der Waals surface area contributed by atoms with Crippen LogP contribution in [0.2, 0.25) is 10.0 Å². The van der Waals surface area contributed by atoms with Gasteiger partial charge in [-0.05, 0) is 47.9 Å². The summed E-state index contributed by atoms with van der Waals surface area (Å²) in [6, 6.07) is 11.1. The molecule has 0 fully saturated rings. The first kappa shape index (κ1) is 13.5. The second-order valence-corrected chi connectivity index (χ2v) is 5.71. The number of hydrogen-bond donors (Lipinski definition) is 1. The Morgan fingerprint density at radius 1 is 1.10 bits per heavy atom. The first-order valence-corrected chi connectivity index (χ1v) is 7.23. The molecule has 2 aromatic carbocycles. The molecule has 0 saturated carbocycles. The number of halogens is 2. The van der Waals surface area contributed by atoms with E-state index in [1.165, 1.54) is 5.56 Å². The van der Waals surface area contributed by atoms with Crippen LogP contribution >= 0.6 is 23.2 Å². The van der Waals surface area contributed by atoms with E-state index < -0.39 is 0 Å². The van der Waals surface area contributed by atoms with Gasteiger partial charge in [-0.3, -0.25) is 4.79 Å². The molecule has 20 heavy (non-hydrogen) atoms. The SMILES string of the molecule is O=C(Cc1ccc(Cl)c(Cl)c1)c1ccc2c(c1)CCN2. The van der Waals surface area contributed by atoms with Crippen molar-refractivity contribution in [3.8, 4) is 0 Å². The fourth-order valence-corrected chi connectivity index (χ4v) is 2.74. The van der Waals surface area contributed by atoms with Crippen LogP contribution in [0.5, 0.6) is 0 Å². The van der Waals surface area contributed by atoms with E-state index in [1.807, 2.05) is 24.3 Å². The summed E-state index contributed by atoms with van der Waals surface area (Å²) in [6.07, 6.45) is 1.31. The summed E-state index contributed by atoms with van der Waals surface area (Å²) in [7, 11) is 0. The molecule has 0 amide bonds. The molecule has 0 bridgehead atoms. The van der Waals surface area contributed by atoms with Gasteiger partial charge in [0, 0.05) is 24.2 Å². The average Bonchev–Trinajstić information content (AvgIpc) is 2.90. The summed E-state index contributed by atoms with van der Waals surface area (Å²) in [5.41, 5.74) is 3.97. The van der Waals surface area contributed by atoms with Crippen LogP contribution in [0, 0.1) is 0 Å². The maximum absolute atomic E-state index is 12.3. The molecule has 102 valence electrons. The lowest BCUT2D eigenvalue weighted by Crippen LogP contribution is -2.04. The standard InChI is InChI=1S/C16H13Cl2NO/c17-13-3-1-10(7-14(13)18)8-16(20)12-2-4-15-11(9-12)5-6-19-15/h1-4,7,9,19H,5-6,8H2. The Morgan fingerprint density at radius 2 is 1.95 bits per heavy atom. The number of hydrogen-bond acceptors (Lipinski definition) is 2. The number of rotatable bonds is 3. The van der Waals surface area contributed by atoms with Crippen LogP contribution in [0.1, 0.15) is 21.5 Å². The Labute approximate surface area is 127 Å². The highest BCUT2D eigenvalue weighted by Gasteiger charge is 2.14. The Bertz CT molecular complexity index is 682. The maximum Gasteiger partial charge on any atom is 0.167 e. The fraction of sp³-hybridized carbons (Fsp3) is 0.188. The van der Waals surface area contributed by atoms with E-state index in [1.54, 1.807) is 12.1 Å². The van der Waals surface area contributed by atoms with E-state index in [-0.39, 0.29) is 5.78 Å². The smallest absolute Gasteiger partial charge is 0.167 e. The number of fused-ring (bicyclic) bond motifs is 1. The minimum Gasteiger partial charge on any atom is -0.384 e. The van der Waals surface area contributed by atoms with Crippen molar-refractivity contribution in [3.63, 3.8) is 0 Å². The van der Waals surface area contributed by atoms with Crippen molar-refractivity contribution in [2.24, 2.45) is 0 Å². The van der Waals surface area contributed by atoms with E-state index >= 15 is 0 Å². The second kappa shape index (κ2) is 5.47. The third kappa shape index (κ3) is 2.67. The number of carbonyl (C=O) groups excluding carboxylic acids is 1. The highest BCUT2D eigenvalue weighted by atomic mass is 35.5. The molecule has 1 aliphatic heterocycles. The topological polar surface area (TPSA) is 29.1 Å². The van der Waals surface area contributed by atoms with Gasteiger partial charge in [-0.15, -0.1) is 0 Å². The zero-order valence-corrected chi connectivity index (χ0v) is 12.3. The molecule has 0 aliphatic carbocycles. The number of anilines is 1. The number of benzene rings is 2. The van der Waals surface area contributed by atoms with Gasteiger partial charge in [-0.25, -0.2) is 0 Å². The van der Waals surface area contributed by atoms with Crippen molar-refractivity contribution in [1.82, 2.24) is 0 Å². The molecular weight excluding hydrogens is 293 g/mol. The fourth-order valence-electron chi connectivity index (χ4n) is 2.42. The molecule has 1 aliphatic rings. The lowest BCUT2D eigenvalue weighted by molar-refractivity contribution is 0.0993. The minimum atomic E-state index is 0.0955. The van der Waals surface area contributed by atoms with Gasteiger partial charge in [-0.2, -0.15) is 0 Å². The van der Waals surface area contributed by atoms with Gasteiger partial charge in [0.2, 0.25) is 0 Å². The maximum atomic E-state index is 12.3. The van der Waals surface area contributed by atoms with E-state index in [9.17, 15) is 4.79 Å². The summed E-state index contributed by atoms with van der Waals surface area (Å²) >= 11 is 11.8. The summed E-state index contributed by atoms with van der Waals surface area (Å²) in [5, 5.41) is 4.27. The number of ketones is 1. The first-order chi connectivity index (χ1) is 9.63. The van der Waals surface area contributed by atoms with Gasteiger partial charge in [0.25, 0.3) is 0 Å². The largest absolute Gasteiger partial charge is 0.384 e. The molecule has 0 aromatic heterocycles. The third-order valence-corrected chi connectivity index (χ3v) is 4.22. The minimum absolute atomic E-state index is 0.0955. The van der Waals surface area contributed by atoms with Crippen LogP contribution in [-0.4, -0.2) is 12.3 Å². The average molecular weight is 306 g/mol. The molecule has 2 aromatic rings. The van der Waals surface area contributed by atoms with Crippen LogP contribution in [0.15, 0.2) is 36.4 Å². The third-order valence-electron chi connectivity index (χ3n) is 3.49. The summed E-state index contributed by atoms with van der Waals surface area (Å²) in [4.78, 5) is 12.3. The van der Waals surface area contributed by atoms with Gasteiger partial charge < -0.3 is 5.32 Å². The van der Waals surface area contributed by atoms with Crippen molar-refractivity contribution in [1.29, 1.82) is 0 Å². The van der Waals surface area contributed by atoms with Crippen LogP contribution in [0.25, 0.3) is 0 Å². The summed E-state index contributed by atoms with van der Waals surface area (Å²) in [5.74, 6) is 0.0955. The van der Waals surface area contributed by atoms with Crippen molar-refractivity contribution in [2.45, 2.75) is 12.8 Å².